The third-order valence-electron chi connectivity index (χ3n) is 6.06. The summed E-state index contributed by atoms with van der Waals surface area (Å²) in [5.41, 5.74) is 3.31. The summed E-state index contributed by atoms with van der Waals surface area (Å²) in [6.07, 6.45) is 2.20. The van der Waals surface area contributed by atoms with Crippen LogP contribution in [0.15, 0.2) is 18.2 Å². The van der Waals surface area contributed by atoms with E-state index in [9.17, 15) is 9.59 Å². The molecule has 0 aromatic heterocycles. The fourth-order valence-electron chi connectivity index (χ4n) is 3.91. The topological polar surface area (TPSA) is 64.7 Å². The van der Waals surface area contributed by atoms with Crippen molar-refractivity contribution >= 4 is 17.6 Å². The summed E-state index contributed by atoms with van der Waals surface area (Å²) < 4.78 is 0. The van der Waals surface area contributed by atoms with E-state index in [1.807, 2.05) is 11.8 Å². The number of rotatable bonds is 6. The van der Waals surface area contributed by atoms with Gasteiger partial charge in [-0.1, -0.05) is 45.9 Å². The first-order valence-corrected chi connectivity index (χ1v) is 11.0. The van der Waals surface area contributed by atoms with Gasteiger partial charge in [-0.15, -0.1) is 0 Å². The third kappa shape index (κ3) is 5.30. The Hall–Kier alpha value is -2.08. The third-order valence-corrected chi connectivity index (χ3v) is 6.06. The van der Waals surface area contributed by atoms with Gasteiger partial charge in [0.15, 0.2) is 0 Å². The van der Waals surface area contributed by atoms with Gasteiger partial charge in [-0.25, -0.2) is 4.79 Å². The maximum Gasteiger partial charge on any atom is 0.321 e. The molecule has 1 aliphatic heterocycles. The number of carbonyl (C=O) groups is 2. The average Bonchev–Trinajstić information content (AvgIpc) is 3.51. The van der Waals surface area contributed by atoms with Crippen LogP contribution in [-0.4, -0.2) is 60.0 Å². The van der Waals surface area contributed by atoms with Gasteiger partial charge in [-0.05, 0) is 42.7 Å². The van der Waals surface area contributed by atoms with Crippen LogP contribution in [0.3, 0.4) is 0 Å². The number of piperazine rings is 1. The second-order valence-electron chi connectivity index (χ2n) is 9.03. The van der Waals surface area contributed by atoms with Gasteiger partial charge in [0.2, 0.25) is 5.91 Å². The van der Waals surface area contributed by atoms with E-state index in [0.717, 1.165) is 31.6 Å². The number of hydrogen-bond acceptors (Lipinski definition) is 3. The van der Waals surface area contributed by atoms with Crippen molar-refractivity contribution in [1.29, 1.82) is 0 Å². The molecular weight excluding hydrogens is 364 g/mol. The quantitative estimate of drug-likeness (QED) is 0.764. The molecule has 1 saturated carbocycles. The lowest BCUT2D eigenvalue weighted by molar-refractivity contribution is -0.126. The van der Waals surface area contributed by atoms with E-state index in [4.69, 9.17) is 0 Å². The molecule has 3 amide bonds. The minimum Gasteiger partial charge on any atom is -0.352 e. The summed E-state index contributed by atoms with van der Waals surface area (Å²) in [5.74, 6) is 0.788. The highest BCUT2D eigenvalue weighted by atomic mass is 16.2. The SMILES string of the molecule is CC(C)c1cccc(C(C)C)c1NC(=O)N1CCN(C(C)C(=O)NC2CC2)CC1. The molecule has 1 unspecified atom stereocenters. The molecular formula is C23H36N4O2. The van der Waals surface area contributed by atoms with Crippen molar-refractivity contribution in [1.82, 2.24) is 15.1 Å². The lowest BCUT2D eigenvalue weighted by Gasteiger charge is -2.37. The zero-order chi connectivity index (χ0) is 21.1. The zero-order valence-electron chi connectivity index (χ0n) is 18.5. The van der Waals surface area contributed by atoms with Gasteiger partial charge in [0.05, 0.1) is 6.04 Å². The van der Waals surface area contributed by atoms with Gasteiger partial charge in [0.25, 0.3) is 0 Å². The minimum atomic E-state index is -0.143. The maximum absolute atomic E-state index is 13.0. The van der Waals surface area contributed by atoms with Gasteiger partial charge in [-0.3, -0.25) is 9.69 Å². The Labute approximate surface area is 175 Å². The summed E-state index contributed by atoms with van der Waals surface area (Å²) in [6, 6.07) is 6.47. The second-order valence-corrected chi connectivity index (χ2v) is 9.03. The van der Waals surface area contributed by atoms with Crippen LogP contribution in [0, 0.1) is 0 Å². The van der Waals surface area contributed by atoms with Crippen molar-refractivity contribution in [2.24, 2.45) is 0 Å². The Kier molecular flexibility index (Phi) is 6.83. The molecule has 1 heterocycles. The highest BCUT2D eigenvalue weighted by Crippen LogP contribution is 2.32. The molecule has 1 saturated heterocycles. The van der Waals surface area contributed by atoms with Crippen LogP contribution >= 0.6 is 0 Å². The first kappa shape index (κ1) is 21.6. The number of para-hydroxylation sites is 1. The van der Waals surface area contributed by atoms with Crippen LogP contribution in [0.2, 0.25) is 0 Å². The Morgan fingerprint density at radius 3 is 1.97 bits per heavy atom. The lowest BCUT2D eigenvalue weighted by Crippen LogP contribution is -2.55. The van der Waals surface area contributed by atoms with Crippen molar-refractivity contribution in [2.45, 2.75) is 71.4 Å². The van der Waals surface area contributed by atoms with E-state index in [-0.39, 0.29) is 18.0 Å². The van der Waals surface area contributed by atoms with Gasteiger partial charge < -0.3 is 15.5 Å². The summed E-state index contributed by atoms with van der Waals surface area (Å²) >= 11 is 0. The first-order chi connectivity index (χ1) is 13.8. The molecule has 29 heavy (non-hydrogen) atoms. The van der Waals surface area contributed by atoms with Gasteiger partial charge >= 0.3 is 6.03 Å². The van der Waals surface area contributed by atoms with Crippen molar-refractivity contribution in [3.63, 3.8) is 0 Å². The van der Waals surface area contributed by atoms with E-state index in [2.05, 4.69) is 61.4 Å². The maximum atomic E-state index is 13.0. The fraction of sp³-hybridized carbons (Fsp3) is 0.652. The number of carbonyl (C=O) groups excluding carboxylic acids is 2. The highest BCUT2D eigenvalue weighted by Gasteiger charge is 2.31. The van der Waals surface area contributed by atoms with E-state index >= 15 is 0 Å². The first-order valence-electron chi connectivity index (χ1n) is 11.0. The van der Waals surface area contributed by atoms with Crippen LogP contribution in [0.5, 0.6) is 0 Å². The largest absolute Gasteiger partial charge is 0.352 e. The predicted molar refractivity (Wildman–Crippen MR) is 117 cm³/mol. The van der Waals surface area contributed by atoms with Crippen molar-refractivity contribution in [2.75, 3.05) is 31.5 Å². The van der Waals surface area contributed by atoms with Crippen LogP contribution in [-0.2, 0) is 4.79 Å². The fourth-order valence-corrected chi connectivity index (χ4v) is 3.91. The number of amides is 3. The molecule has 2 N–H and O–H groups in total. The smallest absolute Gasteiger partial charge is 0.321 e. The number of anilines is 1. The van der Waals surface area contributed by atoms with E-state index in [1.54, 1.807) is 0 Å². The summed E-state index contributed by atoms with van der Waals surface area (Å²) in [5, 5.41) is 6.28. The number of nitrogens with one attached hydrogen (secondary N) is 2. The molecule has 2 aliphatic rings. The molecule has 0 spiro atoms. The standard InChI is InChI=1S/C23H36N4O2/c1-15(2)19-7-6-8-20(16(3)4)21(19)25-23(29)27-13-11-26(12-14-27)17(5)22(28)24-18-9-10-18/h6-8,15-18H,9-14H2,1-5H3,(H,24,28)(H,25,29). The number of urea groups is 1. The molecule has 1 aliphatic carbocycles. The predicted octanol–water partition coefficient (Wildman–Crippen LogP) is 3.75. The summed E-state index contributed by atoms with van der Waals surface area (Å²) in [6.45, 7) is 13.3. The van der Waals surface area contributed by atoms with Gasteiger partial charge in [0.1, 0.15) is 0 Å². The molecule has 0 radical (unpaired) electrons. The summed E-state index contributed by atoms with van der Waals surface area (Å²) in [7, 11) is 0. The molecule has 2 fully saturated rings. The van der Waals surface area contributed by atoms with Crippen molar-refractivity contribution < 1.29 is 9.59 Å². The van der Waals surface area contributed by atoms with E-state index < -0.39 is 0 Å². The molecule has 0 bridgehead atoms. The Balaban J connectivity index is 1.61. The van der Waals surface area contributed by atoms with Gasteiger partial charge in [0, 0.05) is 37.9 Å². The minimum absolute atomic E-state index is 0.0465. The molecule has 6 nitrogen and oxygen atoms in total. The molecule has 160 valence electrons. The van der Waals surface area contributed by atoms with Crippen LogP contribution in [0.1, 0.15) is 70.4 Å². The molecule has 1 atom stereocenters. The van der Waals surface area contributed by atoms with Crippen LogP contribution in [0.4, 0.5) is 10.5 Å². The lowest BCUT2D eigenvalue weighted by atomic mass is 9.93. The average molecular weight is 401 g/mol. The highest BCUT2D eigenvalue weighted by molar-refractivity contribution is 5.91. The Morgan fingerprint density at radius 1 is 0.931 bits per heavy atom. The van der Waals surface area contributed by atoms with Gasteiger partial charge in [-0.2, -0.15) is 0 Å². The van der Waals surface area contributed by atoms with Crippen LogP contribution in [0.25, 0.3) is 0 Å². The number of hydrogen-bond donors (Lipinski definition) is 2. The monoisotopic (exact) mass is 400 g/mol. The zero-order valence-corrected chi connectivity index (χ0v) is 18.5. The van der Waals surface area contributed by atoms with Crippen LogP contribution < -0.4 is 10.6 Å². The Bertz CT molecular complexity index is 708. The molecule has 3 rings (SSSR count). The molecule has 1 aromatic rings. The number of nitrogens with zero attached hydrogens (tertiary/aromatic N) is 2. The van der Waals surface area contributed by atoms with Crippen molar-refractivity contribution in [3.8, 4) is 0 Å². The van der Waals surface area contributed by atoms with E-state index in [1.165, 1.54) is 11.1 Å². The van der Waals surface area contributed by atoms with Crippen molar-refractivity contribution in [3.05, 3.63) is 29.3 Å². The summed E-state index contributed by atoms with van der Waals surface area (Å²) in [4.78, 5) is 29.3. The molecule has 6 heteroatoms. The Morgan fingerprint density at radius 2 is 1.48 bits per heavy atom. The second kappa shape index (κ2) is 9.16. The molecule has 1 aromatic carbocycles. The number of benzene rings is 1. The normalized spacial score (nSPS) is 18.8. The van der Waals surface area contributed by atoms with E-state index in [0.29, 0.717) is 31.0 Å².